The van der Waals surface area contributed by atoms with Gasteiger partial charge in [0.15, 0.2) is 0 Å². The lowest BCUT2D eigenvalue weighted by Gasteiger charge is -2.28. The van der Waals surface area contributed by atoms with E-state index in [4.69, 9.17) is 11.6 Å². The van der Waals surface area contributed by atoms with Gasteiger partial charge in [0.25, 0.3) is 17.5 Å². The Bertz CT molecular complexity index is 1550. The van der Waals surface area contributed by atoms with Gasteiger partial charge in [0, 0.05) is 22.4 Å². The number of nitrogens with one attached hydrogen (secondary N) is 1. The third kappa shape index (κ3) is 3.29. The van der Waals surface area contributed by atoms with Crippen LogP contribution in [-0.4, -0.2) is 16.7 Å². The Morgan fingerprint density at radius 3 is 2.32 bits per heavy atom. The number of amides is 2. The summed E-state index contributed by atoms with van der Waals surface area (Å²) < 4.78 is 0. The first-order valence-corrected chi connectivity index (χ1v) is 10.9. The topological polar surface area (TPSA) is 92.6 Å². The third-order valence-electron chi connectivity index (χ3n) is 6.09. The normalized spacial score (nSPS) is 12.9. The summed E-state index contributed by atoms with van der Waals surface area (Å²) in [7, 11) is 0. The van der Waals surface area contributed by atoms with Crippen LogP contribution >= 0.6 is 11.6 Å². The molecule has 4 aromatic rings. The van der Waals surface area contributed by atoms with Crippen LogP contribution in [0.3, 0.4) is 0 Å². The highest BCUT2D eigenvalue weighted by molar-refractivity contribution is 6.37. The molecule has 0 fully saturated rings. The molecule has 0 radical (unpaired) electrons. The summed E-state index contributed by atoms with van der Waals surface area (Å²) in [5.74, 6) is -1.09. The van der Waals surface area contributed by atoms with Crippen molar-refractivity contribution in [3.05, 3.63) is 104 Å². The van der Waals surface area contributed by atoms with E-state index in [1.165, 1.54) is 6.07 Å². The fourth-order valence-electron chi connectivity index (χ4n) is 4.22. The number of nitro benzene ring substituents is 1. The van der Waals surface area contributed by atoms with E-state index in [0.29, 0.717) is 32.7 Å². The molecule has 0 aromatic heterocycles. The molecule has 34 heavy (non-hydrogen) atoms. The number of rotatable bonds is 4. The van der Waals surface area contributed by atoms with Gasteiger partial charge in [-0.1, -0.05) is 41.9 Å². The molecule has 0 unspecified atom stereocenters. The second kappa shape index (κ2) is 7.97. The molecule has 2 amide bonds. The number of nitrogens with zero attached hydrogens (tertiary/aromatic N) is 2. The Kier molecular flexibility index (Phi) is 5.06. The van der Waals surface area contributed by atoms with Gasteiger partial charge in [0.05, 0.1) is 26.9 Å². The van der Waals surface area contributed by atoms with Crippen molar-refractivity contribution in [3.8, 4) is 0 Å². The quantitative estimate of drug-likeness (QED) is 0.206. The molecule has 0 aliphatic carbocycles. The van der Waals surface area contributed by atoms with E-state index < -0.39 is 16.7 Å². The van der Waals surface area contributed by atoms with Crippen LogP contribution in [0, 0.1) is 24.0 Å². The second-order valence-corrected chi connectivity index (χ2v) is 8.53. The summed E-state index contributed by atoms with van der Waals surface area (Å²) in [6.07, 6.45) is 0. The number of hydrogen-bond donors (Lipinski definition) is 1. The Morgan fingerprint density at radius 2 is 1.62 bits per heavy atom. The first kappa shape index (κ1) is 21.6. The molecular formula is C26H18ClN3O4. The minimum absolute atomic E-state index is 0.0971. The molecule has 4 aromatic carbocycles. The highest BCUT2D eigenvalue weighted by atomic mass is 35.5. The van der Waals surface area contributed by atoms with Crippen LogP contribution in [0.1, 0.15) is 31.8 Å². The molecule has 1 heterocycles. The van der Waals surface area contributed by atoms with E-state index in [1.54, 1.807) is 54.6 Å². The fraction of sp³-hybridized carbons (Fsp3) is 0.0769. The van der Waals surface area contributed by atoms with E-state index in [9.17, 15) is 19.7 Å². The van der Waals surface area contributed by atoms with Crippen molar-refractivity contribution in [1.82, 2.24) is 0 Å². The van der Waals surface area contributed by atoms with Crippen molar-refractivity contribution >= 4 is 56.9 Å². The number of benzene rings is 4. The lowest BCUT2D eigenvalue weighted by atomic mass is 9.91. The zero-order chi connectivity index (χ0) is 24.1. The number of halogens is 1. The summed E-state index contributed by atoms with van der Waals surface area (Å²) in [5, 5.41) is 16.2. The zero-order valence-electron chi connectivity index (χ0n) is 18.3. The molecule has 168 valence electrons. The van der Waals surface area contributed by atoms with Crippen LogP contribution in [0.25, 0.3) is 10.8 Å². The number of nitro groups is 1. The first-order valence-electron chi connectivity index (χ1n) is 10.5. The number of anilines is 3. The number of imide groups is 1. The molecule has 0 atom stereocenters. The van der Waals surface area contributed by atoms with Gasteiger partial charge in [-0.2, -0.15) is 0 Å². The number of para-hydroxylation sites is 1. The minimum Gasteiger partial charge on any atom is -0.348 e. The molecule has 0 saturated heterocycles. The largest absolute Gasteiger partial charge is 0.348 e. The second-order valence-electron chi connectivity index (χ2n) is 8.12. The Morgan fingerprint density at radius 1 is 0.882 bits per heavy atom. The van der Waals surface area contributed by atoms with E-state index in [-0.39, 0.29) is 16.9 Å². The van der Waals surface area contributed by atoms with Crippen molar-refractivity contribution in [3.63, 3.8) is 0 Å². The highest BCUT2D eigenvalue weighted by Gasteiger charge is 2.37. The monoisotopic (exact) mass is 471 g/mol. The summed E-state index contributed by atoms with van der Waals surface area (Å²) in [5.41, 5.74) is 3.10. The van der Waals surface area contributed by atoms with Gasteiger partial charge in [0.1, 0.15) is 5.69 Å². The number of hydrogen-bond acceptors (Lipinski definition) is 5. The Hall–Kier alpha value is -4.23. The third-order valence-corrected chi connectivity index (χ3v) is 6.42. The molecule has 5 rings (SSSR count). The van der Waals surface area contributed by atoms with Gasteiger partial charge in [-0.3, -0.25) is 19.7 Å². The molecule has 0 spiro atoms. The van der Waals surface area contributed by atoms with Crippen molar-refractivity contribution in [2.45, 2.75) is 13.8 Å². The molecular weight excluding hydrogens is 454 g/mol. The number of aryl methyl sites for hydroxylation is 2. The number of carbonyl (C=O) groups is 2. The molecule has 0 bridgehead atoms. The number of carbonyl (C=O) groups excluding carboxylic acids is 2. The van der Waals surface area contributed by atoms with Crippen molar-refractivity contribution in [2.75, 3.05) is 10.2 Å². The summed E-state index contributed by atoms with van der Waals surface area (Å²) in [4.78, 5) is 39.6. The molecule has 7 nitrogen and oxygen atoms in total. The average molecular weight is 472 g/mol. The summed E-state index contributed by atoms with van der Waals surface area (Å²) in [6.45, 7) is 3.83. The molecule has 1 N–H and O–H groups in total. The Balaban J connectivity index is 1.76. The summed E-state index contributed by atoms with van der Waals surface area (Å²) in [6, 6.07) is 18.3. The van der Waals surface area contributed by atoms with Gasteiger partial charge in [-0.05, 0) is 55.3 Å². The summed E-state index contributed by atoms with van der Waals surface area (Å²) >= 11 is 6.27. The molecule has 1 aliphatic heterocycles. The van der Waals surface area contributed by atoms with Gasteiger partial charge < -0.3 is 5.32 Å². The van der Waals surface area contributed by atoms with Crippen LogP contribution < -0.4 is 10.2 Å². The van der Waals surface area contributed by atoms with Crippen molar-refractivity contribution in [1.29, 1.82) is 0 Å². The van der Waals surface area contributed by atoms with Crippen LogP contribution in [0.5, 0.6) is 0 Å². The van der Waals surface area contributed by atoms with Crippen LogP contribution in [0.15, 0.2) is 66.7 Å². The SMILES string of the molecule is Cc1ccc(N2C(=O)c3cccc4c(Nc5ccccc5Cl)c([N+](=O)[O-])cc(c34)C2=O)cc1C. The maximum absolute atomic E-state index is 13.5. The van der Waals surface area contributed by atoms with E-state index in [1.807, 2.05) is 19.9 Å². The average Bonchev–Trinajstić information content (AvgIpc) is 2.81. The van der Waals surface area contributed by atoms with Crippen molar-refractivity contribution < 1.29 is 14.5 Å². The van der Waals surface area contributed by atoms with Crippen LogP contribution in [0.2, 0.25) is 5.02 Å². The van der Waals surface area contributed by atoms with Gasteiger partial charge in [0.2, 0.25) is 0 Å². The molecule has 1 aliphatic rings. The fourth-order valence-corrected chi connectivity index (χ4v) is 4.40. The minimum atomic E-state index is -0.607. The van der Waals surface area contributed by atoms with Gasteiger partial charge >= 0.3 is 0 Å². The van der Waals surface area contributed by atoms with Crippen molar-refractivity contribution in [2.24, 2.45) is 0 Å². The predicted molar refractivity (Wildman–Crippen MR) is 132 cm³/mol. The molecule has 8 heteroatoms. The molecule has 0 saturated carbocycles. The highest BCUT2D eigenvalue weighted by Crippen LogP contribution is 2.43. The van der Waals surface area contributed by atoms with Crippen LogP contribution in [0.4, 0.5) is 22.7 Å². The predicted octanol–water partition coefficient (Wildman–Crippen LogP) is 6.56. The lowest BCUT2D eigenvalue weighted by Crippen LogP contribution is -2.40. The zero-order valence-corrected chi connectivity index (χ0v) is 19.0. The maximum Gasteiger partial charge on any atom is 0.294 e. The van der Waals surface area contributed by atoms with E-state index in [2.05, 4.69) is 5.32 Å². The smallest absolute Gasteiger partial charge is 0.294 e. The first-order chi connectivity index (χ1) is 16.3. The lowest BCUT2D eigenvalue weighted by molar-refractivity contribution is -0.383. The standard InChI is InChI=1S/C26H18ClN3O4/c1-14-10-11-16(12-15(14)2)29-25(31)18-7-5-6-17-23(18)19(26(29)32)13-22(30(33)34)24(17)28-21-9-4-3-8-20(21)27/h3-13,28H,1-2H3. The van der Waals surface area contributed by atoms with E-state index >= 15 is 0 Å². The van der Waals surface area contributed by atoms with Crippen LogP contribution in [-0.2, 0) is 0 Å². The van der Waals surface area contributed by atoms with Gasteiger partial charge in [-0.15, -0.1) is 0 Å². The Labute approximate surface area is 199 Å². The van der Waals surface area contributed by atoms with Gasteiger partial charge in [-0.25, -0.2) is 4.90 Å². The maximum atomic E-state index is 13.5. The van der Waals surface area contributed by atoms with E-state index in [0.717, 1.165) is 16.0 Å².